The molecular weight excluding hydrogens is 312 g/mol. The lowest BCUT2D eigenvalue weighted by Crippen LogP contribution is -2.31. The molecular formula is C17H22N2O3S. The Bertz CT molecular complexity index is 659. The van der Waals surface area contributed by atoms with Crippen LogP contribution in [0.15, 0.2) is 23.6 Å². The second-order valence-electron chi connectivity index (χ2n) is 5.66. The number of ether oxygens (including phenoxy) is 2. The monoisotopic (exact) mass is 334 g/mol. The average molecular weight is 334 g/mol. The fourth-order valence-electron chi connectivity index (χ4n) is 3.00. The van der Waals surface area contributed by atoms with Gasteiger partial charge < -0.3 is 14.6 Å². The summed E-state index contributed by atoms with van der Waals surface area (Å²) in [6.07, 6.45) is 2.22. The van der Waals surface area contributed by atoms with Gasteiger partial charge in [0.25, 0.3) is 0 Å². The standard InChI is InChI=1S/C17H22N2O3S/c1-21-14-5-6-15(16(8-14)22-2)17-18-12(11-23-17)9-19-7-3-4-13(19)10-20/h5-6,8,11,13,20H,3-4,7,9-10H2,1-2H3/t13-/m1/s1. The molecule has 0 bridgehead atoms. The molecule has 1 fully saturated rings. The highest BCUT2D eigenvalue weighted by molar-refractivity contribution is 7.13. The number of thiazole rings is 1. The minimum Gasteiger partial charge on any atom is -0.497 e. The smallest absolute Gasteiger partial charge is 0.132 e. The van der Waals surface area contributed by atoms with Gasteiger partial charge in [-0.25, -0.2) is 4.98 Å². The number of methoxy groups -OCH3 is 2. The fourth-order valence-corrected chi connectivity index (χ4v) is 3.84. The molecule has 1 aromatic heterocycles. The third kappa shape index (κ3) is 3.49. The largest absolute Gasteiger partial charge is 0.497 e. The molecule has 23 heavy (non-hydrogen) atoms. The van der Waals surface area contributed by atoms with E-state index in [1.54, 1.807) is 25.6 Å². The Balaban J connectivity index is 1.79. The van der Waals surface area contributed by atoms with Gasteiger partial charge in [0, 0.05) is 24.0 Å². The number of likely N-dealkylation sites (tertiary alicyclic amines) is 1. The van der Waals surface area contributed by atoms with Gasteiger partial charge in [-0.3, -0.25) is 4.90 Å². The molecule has 6 heteroatoms. The van der Waals surface area contributed by atoms with Gasteiger partial charge in [-0.2, -0.15) is 0 Å². The Morgan fingerprint density at radius 3 is 2.96 bits per heavy atom. The summed E-state index contributed by atoms with van der Waals surface area (Å²) in [5.41, 5.74) is 2.02. The van der Waals surface area contributed by atoms with Crippen LogP contribution < -0.4 is 9.47 Å². The number of hydrogen-bond donors (Lipinski definition) is 1. The van der Waals surface area contributed by atoms with E-state index in [0.717, 1.165) is 53.7 Å². The van der Waals surface area contributed by atoms with Crippen molar-refractivity contribution in [3.63, 3.8) is 0 Å². The molecule has 0 saturated carbocycles. The summed E-state index contributed by atoms with van der Waals surface area (Å²) in [6.45, 7) is 2.05. The first kappa shape index (κ1) is 16.2. The van der Waals surface area contributed by atoms with Crippen molar-refractivity contribution in [2.75, 3.05) is 27.4 Å². The maximum atomic E-state index is 9.43. The molecule has 1 saturated heterocycles. The van der Waals surface area contributed by atoms with Gasteiger partial charge in [0.2, 0.25) is 0 Å². The highest BCUT2D eigenvalue weighted by atomic mass is 32.1. The molecule has 1 atom stereocenters. The second-order valence-corrected chi connectivity index (χ2v) is 6.52. The van der Waals surface area contributed by atoms with Crippen molar-refractivity contribution in [2.24, 2.45) is 0 Å². The van der Waals surface area contributed by atoms with Crippen LogP contribution in [0.2, 0.25) is 0 Å². The fraction of sp³-hybridized carbons (Fsp3) is 0.471. The van der Waals surface area contributed by atoms with E-state index in [0.29, 0.717) is 0 Å². The van der Waals surface area contributed by atoms with Crippen LogP contribution in [0.1, 0.15) is 18.5 Å². The Hall–Kier alpha value is -1.63. The van der Waals surface area contributed by atoms with Gasteiger partial charge in [-0.15, -0.1) is 11.3 Å². The summed E-state index contributed by atoms with van der Waals surface area (Å²) in [5, 5.41) is 12.5. The maximum absolute atomic E-state index is 9.43. The molecule has 1 aliphatic rings. The lowest BCUT2D eigenvalue weighted by Gasteiger charge is -2.21. The number of aliphatic hydroxyl groups is 1. The van der Waals surface area contributed by atoms with Crippen LogP contribution in [-0.2, 0) is 6.54 Å². The quantitative estimate of drug-likeness (QED) is 0.880. The number of aromatic nitrogens is 1. The van der Waals surface area contributed by atoms with Crippen molar-refractivity contribution < 1.29 is 14.6 Å². The molecule has 2 aromatic rings. The van der Waals surface area contributed by atoms with Crippen molar-refractivity contribution in [3.8, 4) is 22.1 Å². The molecule has 0 spiro atoms. The van der Waals surface area contributed by atoms with E-state index in [9.17, 15) is 5.11 Å². The van der Waals surface area contributed by atoms with Gasteiger partial charge in [0.05, 0.1) is 32.1 Å². The first-order valence-electron chi connectivity index (χ1n) is 7.77. The minimum atomic E-state index is 0.225. The van der Waals surface area contributed by atoms with E-state index in [1.165, 1.54) is 0 Å². The molecule has 3 rings (SSSR count). The van der Waals surface area contributed by atoms with Crippen molar-refractivity contribution in [2.45, 2.75) is 25.4 Å². The molecule has 1 N–H and O–H groups in total. The van der Waals surface area contributed by atoms with Crippen molar-refractivity contribution >= 4 is 11.3 Å². The lowest BCUT2D eigenvalue weighted by molar-refractivity contribution is 0.152. The third-order valence-corrected chi connectivity index (χ3v) is 5.19. The Labute approximate surface area is 140 Å². The zero-order chi connectivity index (χ0) is 16.2. The second kappa shape index (κ2) is 7.29. The molecule has 0 unspecified atom stereocenters. The molecule has 0 amide bonds. The van der Waals surface area contributed by atoms with E-state index in [2.05, 4.69) is 10.3 Å². The van der Waals surface area contributed by atoms with Crippen LogP contribution in [0.3, 0.4) is 0 Å². The molecule has 5 nitrogen and oxygen atoms in total. The zero-order valence-corrected chi connectivity index (χ0v) is 14.3. The molecule has 0 radical (unpaired) electrons. The highest BCUT2D eigenvalue weighted by Gasteiger charge is 2.24. The molecule has 0 aliphatic carbocycles. The topological polar surface area (TPSA) is 54.8 Å². The predicted molar refractivity (Wildman–Crippen MR) is 91.2 cm³/mol. The summed E-state index contributed by atoms with van der Waals surface area (Å²) in [6, 6.07) is 6.04. The van der Waals surface area contributed by atoms with E-state index >= 15 is 0 Å². The van der Waals surface area contributed by atoms with Crippen LogP contribution in [0.25, 0.3) is 10.6 Å². The molecule has 2 heterocycles. The maximum Gasteiger partial charge on any atom is 0.132 e. The summed E-state index contributed by atoms with van der Waals surface area (Å²) < 4.78 is 10.7. The third-order valence-electron chi connectivity index (χ3n) is 4.27. The summed E-state index contributed by atoms with van der Waals surface area (Å²) in [4.78, 5) is 7.06. The van der Waals surface area contributed by atoms with Crippen LogP contribution >= 0.6 is 11.3 Å². The molecule has 1 aliphatic heterocycles. The lowest BCUT2D eigenvalue weighted by atomic mass is 10.2. The summed E-state index contributed by atoms with van der Waals surface area (Å²) in [5.74, 6) is 1.53. The average Bonchev–Trinajstić information content (AvgIpc) is 3.23. The Kier molecular flexibility index (Phi) is 5.15. The van der Waals surface area contributed by atoms with Crippen LogP contribution in [-0.4, -0.2) is 48.4 Å². The first-order chi connectivity index (χ1) is 11.2. The van der Waals surface area contributed by atoms with Crippen molar-refractivity contribution in [1.82, 2.24) is 9.88 Å². The number of aliphatic hydroxyl groups excluding tert-OH is 1. The normalized spacial score (nSPS) is 18.3. The first-order valence-corrected chi connectivity index (χ1v) is 8.65. The minimum absolute atomic E-state index is 0.225. The van der Waals surface area contributed by atoms with Crippen LogP contribution in [0.4, 0.5) is 0 Å². The number of nitrogens with zero attached hydrogens (tertiary/aromatic N) is 2. The Morgan fingerprint density at radius 2 is 2.22 bits per heavy atom. The van der Waals surface area contributed by atoms with Gasteiger partial charge in [0.1, 0.15) is 16.5 Å². The van der Waals surface area contributed by atoms with Gasteiger partial charge >= 0.3 is 0 Å². The highest BCUT2D eigenvalue weighted by Crippen LogP contribution is 2.35. The molecule has 124 valence electrons. The number of hydrogen-bond acceptors (Lipinski definition) is 6. The summed E-state index contributed by atoms with van der Waals surface area (Å²) >= 11 is 1.62. The van der Waals surface area contributed by atoms with Crippen molar-refractivity contribution in [3.05, 3.63) is 29.3 Å². The summed E-state index contributed by atoms with van der Waals surface area (Å²) in [7, 11) is 3.30. The van der Waals surface area contributed by atoms with E-state index in [-0.39, 0.29) is 12.6 Å². The SMILES string of the molecule is COc1ccc(-c2nc(CN3CCC[C@@H]3CO)cs2)c(OC)c1. The van der Waals surface area contributed by atoms with Crippen LogP contribution in [0.5, 0.6) is 11.5 Å². The number of rotatable bonds is 6. The van der Waals surface area contributed by atoms with Crippen molar-refractivity contribution in [1.29, 1.82) is 0 Å². The predicted octanol–water partition coefficient (Wildman–Crippen LogP) is 2.78. The van der Waals surface area contributed by atoms with E-state index < -0.39 is 0 Å². The zero-order valence-electron chi connectivity index (χ0n) is 13.5. The van der Waals surface area contributed by atoms with Gasteiger partial charge in [-0.1, -0.05) is 0 Å². The number of benzene rings is 1. The van der Waals surface area contributed by atoms with E-state index in [1.807, 2.05) is 18.2 Å². The van der Waals surface area contributed by atoms with Crippen LogP contribution in [0, 0.1) is 0 Å². The van der Waals surface area contributed by atoms with Gasteiger partial charge in [-0.05, 0) is 31.5 Å². The van der Waals surface area contributed by atoms with Gasteiger partial charge in [0.15, 0.2) is 0 Å². The van der Waals surface area contributed by atoms with E-state index in [4.69, 9.17) is 14.5 Å². The molecule has 1 aromatic carbocycles. The Morgan fingerprint density at radius 1 is 1.35 bits per heavy atom.